The molecule has 1 unspecified atom stereocenters. The van der Waals surface area contributed by atoms with Crippen LogP contribution in [0.15, 0.2) is 58.5 Å². The molecule has 1 aliphatic heterocycles. The van der Waals surface area contributed by atoms with Crippen molar-refractivity contribution in [1.82, 2.24) is 0 Å². The van der Waals surface area contributed by atoms with Crippen LogP contribution in [0.2, 0.25) is 5.02 Å². The first-order chi connectivity index (χ1) is 15.8. The molecule has 170 valence electrons. The Morgan fingerprint density at radius 2 is 1.73 bits per heavy atom. The molecular weight excluding hydrogens is 446 g/mol. The molecule has 33 heavy (non-hydrogen) atoms. The Morgan fingerprint density at radius 3 is 2.33 bits per heavy atom. The van der Waals surface area contributed by atoms with E-state index in [0.29, 0.717) is 17.2 Å². The van der Waals surface area contributed by atoms with Gasteiger partial charge in [-0.15, -0.1) is 0 Å². The molecule has 1 amide bonds. The maximum Gasteiger partial charge on any atom is 0.300 e. The van der Waals surface area contributed by atoms with E-state index in [0.717, 1.165) is 5.56 Å². The summed E-state index contributed by atoms with van der Waals surface area (Å²) in [4.78, 5) is 27.9. The lowest BCUT2D eigenvalue weighted by Gasteiger charge is -2.25. The number of amides is 1. The Kier molecular flexibility index (Phi) is 5.91. The van der Waals surface area contributed by atoms with Crippen molar-refractivity contribution in [3.63, 3.8) is 0 Å². The third kappa shape index (κ3) is 3.74. The molecule has 0 bridgehead atoms. The predicted molar refractivity (Wildman–Crippen MR) is 124 cm³/mol. The molecule has 2 heterocycles. The number of para-hydroxylation sites is 1. The van der Waals surface area contributed by atoms with Crippen LogP contribution in [0.4, 0.5) is 5.69 Å². The van der Waals surface area contributed by atoms with E-state index >= 15 is 0 Å². The summed E-state index contributed by atoms with van der Waals surface area (Å²) in [5, 5.41) is 11.6. The van der Waals surface area contributed by atoms with E-state index in [-0.39, 0.29) is 27.7 Å². The molecule has 1 saturated heterocycles. The second kappa shape index (κ2) is 8.67. The van der Waals surface area contributed by atoms with Crippen LogP contribution in [0.25, 0.3) is 5.76 Å². The highest BCUT2D eigenvalue weighted by Gasteiger charge is 2.49. The number of halogens is 1. The van der Waals surface area contributed by atoms with Gasteiger partial charge in [-0.05, 0) is 43.7 Å². The second-order valence-corrected chi connectivity index (χ2v) is 8.00. The number of anilines is 1. The molecule has 2 aromatic carbocycles. The molecule has 7 nitrogen and oxygen atoms in total. The van der Waals surface area contributed by atoms with Gasteiger partial charge in [-0.3, -0.25) is 14.5 Å². The van der Waals surface area contributed by atoms with Crippen molar-refractivity contribution in [3.8, 4) is 11.5 Å². The van der Waals surface area contributed by atoms with Crippen molar-refractivity contribution in [2.24, 2.45) is 0 Å². The number of ketones is 1. The fourth-order valence-corrected chi connectivity index (χ4v) is 4.21. The number of methoxy groups -OCH3 is 2. The number of furan rings is 1. The van der Waals surface area contributed by atoms with E-state index in [4.69, 9.17) is 25.5 Å². The molecule has 1 fully saturated rings. The fourth-order valence-electron chi connectivity index (χ4n) is 3.97. The van der Waals surface area contributed by atoms with Gasteiger partial charge in [0, 0.05) is 11.8 Å². The number of hydrogen-bond donors (Lipinski definition) is 1. The average Bonchev–Trinajstić information content (AvgIpc) is 3.34. The van der Waals surface area contributed by atoms with E-state index in [1.807, 2.05) is 19.1 Å². The number of hydrogen-bond acceptors (Lipinski definition) is 6. The Hall–Kier alpha value is -3.71. The second-order valence-electron chi connectivity index (χ2n) is 7.59. The van der Waals surface area contributed by atoms with Crippen LogP contribution >= 0.6 is 11.6 Å². The van der Waals surface area contributed by atoms with Crippen molar-refractivity contribution in [2.45, 2.75) is 19.9 Å². The Labute approximate surface area is 195 Å². The van der Waals surface area contributed by atoms with Gasteiger partial charge in [0.05, 0.1) is 30.4 Å². The van der Waals surface area contributed by atoms with Gasteiger partial charge in [-0.1, -0.05) is 29.8 Å². The van der Waals surface area contributed by atoms with Crippen molar-refractivity contribution in [2.75, 3.05) is 19.1 Å². The summed E-state index contributed by atoms with van der Waals surface area (Å²) >= 11 is 6.20. The Bertz CT molecular complexity index is 1290. The summed E-state index contributed by atoms with van der Waals surface area (Å²) in [6.07, 6.45) is 0. The summed E-state index contributed by atoms with van der Waals surface area (Å²) in [7, 11) is 2.84. The molecule has 1 aromatic heterocycles. The minimum absolute atomic E-state index is 0.125. The van der Waals surface area contributed by atoms with Crippen molar-refractivity contribution < 1.29 is 28.6 Å². The van der Waals surface area contributed by atoms with Crippen LogP contribution < -0.4 is 14.4 Å². The SMILES string of the molecule is COc1cc(/C(O)=C2\C(=O)C(=O)N(c3ccccc3C)C2c2ccc(C)o2)c(OC)cc1Cl. The van der Waals surface area contributed by atoms with E-state index in [1.54, 1.807) is 31.2 Å². The normalized spacial score (nSPS) is 17.5. The summed E-state index contributed by atoms with van der Waals surface area (Å²) in [5.74, 6) is -0.597. The maximum atomic E-state index is 13.3. The number of ether oxygens (including phenoxy) is 2. The van der Waals surface area contributed by atoms with Crippen LogP contribution in [-0.4, -0.2) is 31.0 Å². The fraction of sp³-hybridized carbons (Fsp3) is 0.200. The van der Waals surface area contributed by atoms with Crippen LogP contribution in [0.3, 0.4) is 0 Å². The summed E-state index contributed by atoms with van der Waals surface area (Å²) < 4.78 is 16.5. The molecule has 1 atom stereocenters. The lowest BCUT2D eigenvalue weighted by Crippen LogP contribution is -2.29. The minimum Gasteiger partial charge on any atom is -0.507 e. The van der Waals surface area contributed by atoms with Crippen LogP contribution in [0.1, 0.15) is 28.7 Å². The first kappa shape index (κ1) is 22.5. The lowest BCUT2D eigenvalue weighted by molar-refractivity contribution is -0.132. The number of nitrogens with zero attached hydrogens (tertiary/aromatic N) is 1. The molecule has 4 rings (SSSR count). The zero-order valence-corrected chi connectivity index (χ0v) is 19.3. The van der Waals surface area contributed by atoms with Crippen LogP contribution in [0, 0.1) is 13.8 Å². The zero-order valence-electron chi connectivity index (χ0n) is 18.5. The molecule has 0 radical (unpaired) electrons. The topological polar surface area (TPSA) is 89.2 Å². The zero-order chi connectivity index (χ0) is 23.9. The first-order valence-electron chi connectivity index (χ1n) is 10.1. The number of aliphatic hydroxyl groups is 1. The van der Waals surface area contributed by atoms with Gasteiger partial charge < -0.3 is 19.0 Å². The summed E-state index contributed by atoms with van der Waals surface area (Å²) in [6.45, 7) is 3.60. The predicted octanol–water partition coefficient (Wildman–Crippen LogP) is 5.19. The quantitative estimate of drug-likeness (QED) is 0.315. The van der Waals surface area contributed by atoms with E-state index < -0.39 is 23.5 Å². The third-order valence-electron chi connectivity index (χ3n) is 5.58. The van der Waals surface area contributed by atoms with Gasteiger partial charge in [-0.25, -0.2) is 0 Å². The van der Waals surface area contributed by atoms with E-state index in [9.17, 15) is 14.7 Å². The number of benzene rings is 2. The van der Waals surface area contributed by atoms with Gasteiger partial charge in [0.25, 0.3) is 11.7 Å². The van der Waals surface area contributed by atoms with Crippen LogP contribution in [-0.2, 0) is 9.59 Å². The third-order valence-corrected chi connectivity index (χ3v) is 5.87. The van der Waals surface area contributed by atoms with E-state index in [1.165, 1.54) is 31.3 Å². The highest BCUT2D eigenvalue weighted by Crippen LogP contribution is 2.45. The molecule has 1 N–H and O–H groups in total. The van der Waals surface area contributed by atoms with Crippen molar-refractivity contribution in [3.05, 3.63) is 81.8 Å². The minimum atomic E-state index is -0.980. The van der Waals surface area contributed by atoms with Crippen molar-refractivity contribution in [1.29, 1.82) is 0 Å². The molecule has 0 aliphatic carbocycles. The number of aliphatic hydroxyl groups excluding tert-OH is 1. The van der Waals surface area contributed by atoms with Gasteiger partial charge in [0.1, 0.15) is 34.8 Å². The number of carbonyl (C=O) groups excluding carboxylic acids is 2. The number of aryl methyl sites for hydroxylation is 2. The highest BCUT2D eigenvalue weighted by atomic mass is 35.5. The van der Waals surface area contributed by atoms with Crippen molar-refractivity contribution >= 4 is 34.7 Å². The number of carbonyl (C=O) groups is 2. The smallest absolute Gasteiger partial charge is 0.300 e. The number of Topliss-reactive ketones (excluding diaryl/α,β-unsaturated/α-hetero) is 1. The Balaban J connectivity index is 2.00. The van der Waals surface area contributed by atoms with Gasteiger partial charge in [0.2, 0.25) is 0 Å². The largest absolute Gasteiger partial charge is 0.507 e. The van der Waals surface area contributed by atoms with Gasteiger partial charge >= 0.3 is 0 Å². The van der Waals surface area contributed by atoms with Gasteiger partial charge in [0.15, 0.2) is 0 Å². The maximum absolute atomic E-state index is 13.3. The average molecular weight is 468 g/mol. The Morgan fingerprint density at radius 1 is 1.03 bits per heavy atom. The standard InChI is InChI=1S/C25H22ClNO6/c1-13-7-5-6-8-17(13)27-22(18-10-9-14(2)33-18)21(24(29)25(27)30)23(28)15-11-20(32-4)16(26)12-19(15)31-3/h5-12,22,28H,1-4H3/b23-21+. The molecule has 1 aliphatic rings. The molecule has 3 aromatic rings. The summed E-state index contributed by atoms with van der Waals surface area (Å²) in [6, 6.07) is 12.6. The molecular formula is C25H22ClNO6. The number of rotatable bonds is 5. The molecule has 8 heteroatoms. The monoisotopic (exact) mass is 467 g/mol. The highest BCUT2D eigenvalue weighted by molar-refractivity contribution is 6.51. The first-order valence-corrected chi connectivity index (χ1v) is 10.5. The van der Waals surface area contributed by atoms with Gasteiger partial charge in [-0.2, -0.15) is 0 Å². The van der Waals surface area contributed by atoms with E-state index in [2.05, 4.69) is 0 Å². The summed E-state index contributed by atoms with van der Waals surface area (Å²) in [5.41, 5.74) is 1.37. The van der Waals surface area contributed by atoms with Crippen LogP contribution in [0.5, 0.6) is 11.5 Å². The molecule has 0 saturated carbocycles. The lowest BCUT2D eigenvalue weighted by atomic mass is 9.98. The molecule has 0 spiro atoms.